The van der Waals surface area contributed by atoms with Crippen LogP contribution in [0.15, 0.2) is 6.20 Å². The summed E-state index contributed by atoms with van der Waals surface area (Å²) in [5, 5.41) is 3.47. The number of hydrogen-bond donors (Lipinski definition) is 1. The molecule has 0 aromatic carbocycles. The van der Waals surface area contributed by atoms with E-state index < -0.39 is 5.60 Å². The Balaban J connectivity index is 1.97. The first-order chi connectivity index (χ1) is 10.3. The molecule has 1 aliphatic heterocycles. The zero-order valence-corrected chi connectivity index (χ0v) is 14.3. The van der Waals surface area contributed by atoms with E-state index in [0.717, 1.165) is 24.9 Å². The van der Waals surface area contributed by atoms with E-state index in [-0.39, 0.29) is 17.4 Å². The summed E-state index contributed by atoms with van der Waals surface area (Å²) >= 11 is 5.82. The van der Waals surface area contributed by atoms with Gasteiger partial charge in [0.15, 0.2) is 0 Å². The molecule has 1 unspecified atom stereocenters. The summed E-state index contributed by atoms with van der Waals surface area (Å²) in [5.41, 5.74) is 0.445. The second kappa shape index (κ2) is 6.69. The van der Waals surface area contributed by atoms with Crippen LogP contribution in [0.1, 0.15) is 39.2 Å². The van der Waals surface area contributed by atoms with Crippen LogP contribution in [0.4, 0.5) is 10.6 Å². The molecule has 1 aromatic heterocycles. The van der Waals surface area contributed by atoms with E-state index in [1.54, 1.807) is 11.1 Å². The zero-order valence-electron chi connectivity index (χ0n) is 13.5. The number of amides is 1. The molecule has 1 N–H and O–H groups in total. The van der Waals surface area contributed by atoms with E-state index in [0.29, 0.717) is 12.4 Å². The highest BCUT2D eigenvalue weighted by Crippen LogP contribution is 2.22. The maximum atomic E-state index is 12.2. The summed E-state index contributed by atoms with van der Waals surface area (Å²) in [6.07, 6.45) is 3.35. The number of nitrogens with one attached hydrogen (secondary N) is 1. The maximum Gasteiger partial charge on any atom is 0.410 e. The Labute approximate surface area is 136 Å². The summed E-state index contributed by atoms with van der Waals surface area (Å²) < 4.78 is 5.46. The number of hydrogen-bond acceptors (Lipinski definition) is 5. The minimum atomic E-state index is -0.478. The summed E-state index contributed by atoms with van der Waals surface area (Å²) in [6, 6.07) is 0.1000. The van der Waals surface area contributed by atoms with Gasteiger partial charge in [0, 0.05) is 24.8 Å². The van der Waals surface area contributed by atoms with Gasteiger partial charge in [-0.2, -0.15) is 0 Å². The normalized spacial score (nSPS) is 18.4. The van der Waals surface area contributed by atoms with Crippen molar-refractivity contribution in [3.63, 3.8) is 0 Å². The van der Waals surface area contributed by atoms with Crippen LogP contribution >= 0.6 is 11.6 Å². The third-order valence-electron chi connectivity index (χ3n) is 3.45. The van der Waals surface area contributed by atoms with Crippen molar-refractivity contribution in [3.05, 3.63) is 17.0 Å². The molecule has 1 atom stereocenters. The van der Waals surface area contributed by atoms with Gasteiger partial charge < -0.3 is 15.0 Å². The van der Waals surface area contributed by atoms with Crippen molar-refractivity contribution in [1.82, 2.24) is 14.9 Å². The monoisotopic (exact) mass is 326 g/mol. The fourth-order valence-corrected chi connectivity index (χ4v) is 2.56. The van der Waals surface area contributed by atoms with Crippen molar-refractivity contribution >= 4 is 23.5 Å². The van der Waals surface area contributed by atoms with Crippen LogP contribution in [0, 0.1) is 6.92 Å². The van der Waals surface area contributed by atoms with Gasteiger partial charge in [-0.15, -0.1) is 0 Å². The molecule has 6 nitrogen and oxygen atoms in total. The van der Waals surface area contributed by atoms with E-state index in [1.165, 1.54) is 0 Å². The van der Waals surface area contributed by atoms with Crippen LogP contribution in [0.2, 0.25) is 5.28 Å². The molecule has 122 valence electrons. The number of carbonyl (C=O) groups excluding carboxylic acids is 1. The highest BCUT2D eigenvalue weighted by Gasteiger charge is 2.32. The number of anilines is 1. The number of rotatable bonds is 3. The van der Waals surface area contributed by atoms with E-state index in [9.17, 15) is 4.79 Å². The standard InChI is InChI=1S/C15H23ClN4O2/c1-10-8-18-13(16)19-12(10)17-9-11-6-5-7-20(11)14(21)22-15(2,3)4/h8,11H,5-7,9H2,1-4H3,(H,17,18,19). The molecule has 0 spiro atoms. The van der Waals surface area contributed by atoms with Crippen molar-refractivity contribution in [2.24, 2.45) is 0 Å². The van der Waals surface area contributed by atoms with Crippen LogP contribution in [0.25, 0.3) is 0 Å². The van der Waals surface area contributed by atoms with Gasteiger partial charge in [-0.3, -0.25) is 0 Å². The van der Waals surface area contributed by atoms with Gasteiger partial charge in [-0.1, -0.05) is 0 Å². The van der Waals surface area contributed by atoms with Crippen molar-refractivity contribution in [3.8, 4) is 0 Å². The number of halogens is 1. The molecule has 1 fully saturated rings. The molecular weight excluding hydrogens is 304 g/mol. The Morgan fingerprint density at radius 3 is 2.95 bits per heavy atom. The number of carbonyl (C=O) groups is 1. The quantitative estimate of drug-likeness (QED) is 0.864. The van der Waals surface area contributed by atoms with Gasteiger partial charge >= 0.3 is 6.09 Å². The average Bonchev–Trinajstić information content (AvgIpc) is 2.86. The third kappa shape index (κ3) is 4.47. The number of nitrogens with zero attached hydrogens (tertiary/aromatic N) is 3. The lowest BCUT2D eigenvalue weighted by molar-refractivity contribution is 0.0235. The largest absolute Gasteiger partial charge is 0.444 e. The molecule has 1 aromatic rings. The Bertz CT molecular complexity index is 545. The smallest absolute Gasteiger partial charge is 0.410 e. The molecule has 1 saturated heterocycles. The van der Waals surface area contributed by atoms with Crippen molar-refractivity contribution < 1.29 is 9.53 Å². The predicted octanol–water partition coefficient (Wildman–Crippen LogP) is 3.25. The summed E-state index contributed by atoms with van der Waals surface area (Å²) in [6.45, 7) is 8.89. The van der Waals surface area contributed by atoms with Gasteiger partial charge in [0.2, 0.25) is 5.28 Å². The van der Waals surface area contributed by atoms with Crippen LogP contribution in [0.5, 0.6) is 0 Å². The molecule has 7 heteroatoms. The summed E-state index contributed by atoms with van der Waals surface area (Å²) in [4.78, 5) is 22.1. The highest BCUT2D eigenvalue weighted by molar-refractivity contribution is 6.28. The first kappa shape index (κ1) is 16.8. The minimum Gasteiger partial charge on any atom is -0.444 e. The molecule has 1 aliphatic rings. The minimum absolute atomic E-state index is 0.1000. The Kier molecular flexibility index (Phi) is 5.11. The van der Waals surface area contributed by atoms with Gasteiger partial charge in [-0.05, 0) is 52.1 Å². The molecule has 0 saturated carbocycles. The van der Waals surface area contributed by atoms with Gasteiger partial charge in [0.1, 0.15) is 11.4 Å². The first-order valence-corrected chi connectivity index (χ1v) is 7.87. The second-order valence-corrected chi connectivity index (χ2v) is 6.86. The highest BCUT2D eigenvalue weighted by atomic mass is 35.5. The predicted molar refractivity (Wildman–Crippen MR) is 86.2 cm³/mol. The van der Waals surface area contributed by atoms with E-state index >= 15 is 0 Å². The number of aromatic nitrogens is 2. The second-order valence-electron chi connectivity index (χ2n) is 6.52. The van der Waals surface area contributed by atoms with Crippen LogP contribution in [0.3, 0.4) is 0 Å². The van der Waals surface area contributed by atoms with E-state index in [4.69, 9.17) is 16.3 Å². The summed E-state index contributed by atoms with van der Waals surface area (Å²) in [7, 11) is 0. The number of likely N-dealkylation sites (tertiary alicyclic amines) is 1. The molecule has 22 heavy (non-hydrogen) atoms. The Morgan fingerprint density at radius 2 is 2.27 bits per heavy atom. The zero-order chi connectivity index (χ0) is 16.3. The molecular formula is C15H23ClN4O2. The summed E-state index contributed by atoms with van der Waals surface area (Å²) in [5.74, 6) is 0.705. The lowest BCUT2D eigenvalue weighted by Crippen LogP contribution is -2.42. The third-order valence-corrected chi connectivity index (χ3v) is 3.63. The molecule has 0 aliphatic carbocycles. The van der Waals surface area contributed by atoms with Gasteiger partial charge in [-0.25, -0.2) is 14.8 Å². The molecule has 0 bridgehead atoms. The maximum absolute atomic E-state index is 12.2. The lowest BCUT2D eigenvalue weighted by Gasteiger charge is -2.28. The Morgan fingerprint density at radius 1 is 1.55 bits per heavy atom. The molecule has 2 heterocycles. The number of ether oxygens (including phenoxy) is 1. The van der Waals surface area contributed by atoms with E-state index in [1.807, 2.05) is 27.7 Å². The topological polar surface area (TPSA) is 67.4 Å². The van der Waals surface area contributed by atoms with Crippen LogP contribution < -0.4 is 5.32 Å². The van der Waals surface area contributed by atoms with Crippen molar-refractivity contribution in [1.29, 1.82) is 0 Å². The van der Waals surface area contributed by atoms with Crippen molar-refractivity contribution in [2.75, 3.05) is 18.4 Å². The lowest BCUT2D eigenvalue weighted by atomic mass is 10.2. The van der Waals surface area contributed by atoms with Gasteiger partial charge in [0.05, 0.1) is 6.04 Å². The van der Waals surface area contributed by atoms with Crippen LogP contribution in [-0.2, 0) is 4.74 Å². The first-order valence-electron chi connectivity index (χ1n) is 7.49. The SMILES string of the molecule is Cc1cnc(Cl)nc1NCC1CCCN1C(=O)OC(C)(C)C. The fourth-order valence-electron chi connectivity index (χ4n) is 2.42. The van der Waals surface area contributed by atoms with Crippen LogP contribution in [-0.4, -0.2) is 45.7 Å². The number of aryl methyl sites for hydroxylation is 1. The fraction of sp³-hybridized carbons (Fsp3) is 0.667. The van der Waals surface area contributed by atoms with E-state index in [2.05, 4.69) is 15.3 Å². The molecule has 1 amide bonds. The van der Waals surface area contributed by atoms with Gasteiger partial charge in [0.25, 0.3) is 0 Å². The molecule has 0 radical (unpaired) electrons. The Hall–Kier alpha value is -1.56. The van der Waals surface area contributed by atoms with Crippen molar-refractivity contribution in [2.45, 2.75) is 52.2 Å². The molecule has 2 rings (SSSR count). The average molecular weight is 327 g/mol.